The van der Waals surface area contributed by atoms with Crippen molar-refractivity contribution in [3.8, 4) is 0 Å². The molecule has 4 heteroatoms. The molecule has 2 aliphatic carbocycles. The lowest BCUT2D eigenvalue weighted by Crippen LogP contribution is -2.43. The first-order valence-corrected chi connectivity index (χ1v) is 6.14. The van der Waals surface area contributed by atoms with E-state index in [-0.39, 0.29) is 0 Å². The molecule has 1 N–H and O–H groups in total. The third kappa shape index (κ3) is 2.00. The van der Waals surface area contributed by atoms with Crippen molar-refractivity contribution in [2.75, 3.05) is 5.32 Å². The Morgan fingerprint density at radius 1 is 1.11 bits per heavy atom. The van der Waals surface area contributed by atoms with Gasteiger partial charge >= 0.3 is 6.18 Å². The van der Waals surface area contributed by atoms with Gasteiger partial charge in [0.05, 0.1) is 5.56 Å². The topological polar surface area (TPSA) is 12.0 Å². The highest BCUT2D eigenvalue weighted by atomic mass is 19.4. The molecule has 3 rings (SSSR count). The van der Waals surface area contributed by atoms with Gasteiger partial charge in [0.1, 0.15) is 0 Å². The van der Waals surface area contributed by atoms with E-state index in [0.29, 0.717) is 12.0 Å². The number of alkyl halides is 3. The molecular weight excluding hydrogens is 239 g/mol. The van der Waals surface area contributed by atoms with Crippen molar-refractivity contribution >= 4 is 5.69 Å². The van der Waals surface area contributed by atoms with Crippen LogP contribution in [-0.2, 0) is 6.18 Å². The quantitative estimate of drug-likeness (QED) is 0.783. The van der Waals surface area contributed by atoms with E-state index >= 15 is 0 Å². The van der Waals surface area contributed by atoms with Crippen LogP contribution in [0.4, 0.5) is 18.9 Å². The minimum Gasteiger partial charge on any atom is -0.382 e. The molecule has 1 nitrogen and oxygen atoms in total. The molecule has 1 fully saturated rings. The fourth-order valence-electron chi connectivity index (χ4n) is 2.85. The number of fused-ring (bicyclic) bond motifs is 1. The molecule has 96 valence electrons. The van der Waals surface area contributed by atoms with E-state index in [2.05, 4.69) is 17.5 Å². The molecule has 0 heterocycles. The second-order valence-electron chi connectivity index (χ2n) is 5.06. The number of benzene rings is 1. The van der Waals surface area contributed by atoms with Crippen LogP contribution in [0.3, 0.4) is 0 Å². The van der Waals surface area contributed by atoms with Crippen molar-refractivity contribution < 1.29 is 13.2 Å². The first kappa shape index (κ1) is 11.6. The van der Waals surface area contributed by atoms with Crippen molar-refractivity contribution in [3.05, 3.63) is 42.0 Å². The van der Waals surface area contributed by atoms with Gasteiger partial charge in [0.15, 0.2) is 0 Å². The monoisotopic (exact) mass is 253 g/mol. The summed E-state index contributed by atoms with van der Waals surface area (Å²) in [5, 5.41) is 3.31. The zero-order valence-corrected chi connectivity index (χ0v) is 9.74. The standard InChI is InChI=1S/C14H14F3N/c15-14(16,17)10-4-6-11(7-5-10)18-13-8-9-2-1-3-12(9)13/h1,3-7,9,12-13,18H,2,8H2. The molecular formula is C14H14F3N. The van der Waals surface area contributed by atoms with Crippen LogP contribution in [0.15, 0.2) is 36.4 Å². The zero-order valence-electron chi connectivity index (χ0n) is 9.74. The molecule has 0 saturated heterocycles. The molecule has 0 radical (unpaired) electrons. The highest BCUT2D eigenvalue weighted by Gasteiger charge is 2.40. The third-order valence-electron chi connectivity index (χ3n) is 3.93. The first-order valence-electron chi connectivity index (χ1n) is 6.14. The van der Waals surface area contributed by atoms with Crippen molar-refractivity contribution in [1.29, 1.82) is 0 Å². The van der Waals surface area contributed by atoms with Crippen LogP contribution in [-0.4, -0.2) is 6.04 Å². The number of hydrogen-bond donors (Lipinski definition) is 1. The van der Waals surface area contributed by atoms with Gasteiger partial charge in [-0.05, 0) is 43.0 Å². The number of halogens is 3. The van der Waals surface area contributed by atoms with Crippen molar-refractivity contribution in [1.82, 2.24) is 0 Å². The number of anilines is 1. The zero-order chi connectivity index (χ0) is 12.8. The molecule has 1 saturated carbocycles. The molecule has 1 aromatic carbocycles. The van der Waals surface area contributed by atoms with Crippen LogP contribution in [0, 0.1) is 11.8 Å². The second-order valence-corrected chi connectivity index (χ2v) is 5.06. The summed E-state index contributed by atoms with van der Waals surface area (Å²) < 4.78 is 37.2. The molecule has 1 aromatic rings. The van der Waals surface area contributed by atoms with Gasteiger partial charge in [-0.25, -0.2) is 0 Å². The maximum Gasteiger partial charge on any atom is 0.416 e. The molecule has 18 heavy (non-hydrogen) atoms. The smallest absolute Gasteiger partial charge is 0.382 e. The highest BCUT2D eigenvalue weighted by Crippen LogP contribution is 2.44. The average Bonchev–Trinajstić information content (AvgIpc) is 2.67. The maximum atomic E-state index is 12.4. The van der Waals surface area contributed by atoms with E-state index in [1.165, 1.54) is 12.1 Å². The summed E-state index contributed by atoms with van der Waals surface area (Å²) in [6, 6.07) is 5.65. The Kier molecular flexibility index (Phi) is 2.61. The van der Waals surface area contributed by atoms with Gasteiger partial charge in [-0.1, -0.05) is 12.2 Å². The summed E-state index contributed by atoms with van der Waals surface area (Å²) in [7, 11) is 0. The van der Waals surface area contributed by atoms with Gasteiger partial charge in [0, 0.05) is 17.6 Å². The largest absolute Gasteiger partial charge is 0.416 e. The Hall–Kier alpha value is -1.45. The summed E-state index contributed by atoms with van der Waals surface area (Å²) in [6.45, 7) is 0. The van der Waals surface area contributed by atoms with Gasteiger partial charge < -0.3 is 5.32 Å². The van der Waals surface area contributed by atoms with Gasteiger partial charge in [-0.2, -0.15) is 13.2 Å². The Balaban J connectivity index is 1.65. The summed E-state index contributed by atoms with van der Waals surface area (Å²) in [6.07, 6.45) is 2.42. The molecule has 0 amide bonds. The Labute approximate surface area is 104 Å². The van der Waals surface area contributed by atoms with Crippen LogP contribution in [0.2, 0.25) is 0 Å². The summed E-state index contributed by atoms with van der Waals surface area (Å²) in [4.78, 5) is 0. The predicted molar refractivity (Wildman–Crippen MR) is 64.2 cm³/mol. The summed E-state index contributed by atoms with van der Waals surface area (Å²) in [5.41, 5.74) is 0.173. The summed E-state index contributed by atoms with van der Waals surface area (Å²) in [5.74, 6) is 1.31. The molecule has 2 aliphatic rings. The lowest BCUT2D eigenvalue weighted by atomic mass is 9.71. The van der Waals surface area contributed by atoms with Crippen LogP contribution in [0.25, 0.3) is 0 Å². The minimum atomic E-state index is -4.26. The van der Waals surface area contributed by atoms with E-state index in [1.807, 2.05) is 0 Å². The number of allylic oxidation sites excluding steroid dienone is 1. The van der Waals surface area contributed by atoms with E-state index in [9.17, 15) is 13.2 Å². The van der Waals surface area contributed by atoms with Gasteiger partial charge in [-0.15, -0.1) is 0 Å². The van der Waals surface area contributed by atoms with Crippen LogP contribution in [0.5, 0.6) is 0 Å². The molecule has 3 atom stereocenters. The Morgan fingerprint density at radius 2 is 1.83 bits per heavy atom. The van der Waals surface area contributed by atoms with Crippen molar-refractivity contribution in [3.63, 3.8) is 0 Å². The number of hydrogen-bond acceptors (Lipinski definition) is 1. The van der Waals surface area contributed by atoms with Crippen LogP contribution < -0.4 is 5.32 Å². The molecule has 0 aromatic heterocycles. The number of nitrogens with one attached hydrogen (secondary N) is 1. The molecule has 0 aliphatic heterocycles. The van der Waals surface area contributed by atoms with Crippen molar-refractivity contribution in [2.24, 2.45) is 11.8 Å². The van der Waals surface area contributed by atoms with Crippen LogP contribution >= 0.6 is 0 Å². The lowest BCUT2D eigenvalue weighted by Gasteiger charge is -2.41. The van der Waals surface area contributed by atoms with E-state index < -0.39 is 11.7 Å². The fourth-order valence-corrected chi connectivity index (χ4v) is 2.85. The minimum absolute atomic E-state index is 0.380. The first-order chi connectivity index (χ1) is 8.54. The van der Waals surface area contributed by atoms with Gasteiger partial charge in [0.2, 0.25) is 0 Å². The normalized spacial score (nSPS) is 29.8. The Bertz CT molecular complexity index is 461. The molecule has 3 unspecified atom stereocenters. The fraction of sp³-hybridized carbons (Fsp3) is 0.429. The predicted octanol–water partition coefficient (Wildman–Crippen LogP) is 4.08. The molecule has 0 spiro atoms. The lowest BCUT2D eigenvalue weighted by molar-refractivity contribution is -0.137. The van der Waals surface area contributed by atoms with E-state index in [0.717, 1.165) is 36.6 Å². The second kappa shape index (κ2) is 4.04. The Morgan fingerprint density at radius 3 is 2.44 bits per heavy atom. The average molecular weight is 253 g/mol. The van der Waals surface area contributed by atoms with E-state index in [4.69, 9.17) is 0 Å². The van der Waals surface area contributed by atoms with Gasteiger partial charge in [0.25, 0.3) is 0 Å². The number of rotatable bonds is 2. The van der Waals surface area contributed by atoms with Crippen molar-refractivity contribution in [2.45, 2.75) is 25.1 Å². The highest BCUT2D eigenvalue weighted by molar-refractivity contribution is 5.47. The maximum absolute atomic E-state index is 12.4. The van der Waals surface area contributed by atoms with E-state index in [1.54, 1.807) is 0 Å². The molecule has 0 bridgehead atoms. The third-order valence-corrected chi connectivity index (χ3v) is 3.93. The van der Waals surface area contributed by atoms with Crippen LogP contribution in [0.1, 0.15) is 18.4 Å². The van der Waals surface area contributed by atoms with Gasteiger partial charge in [-0.3, -0.25) is 0 Å². The SMILES string of the molecule is FC(F)(F)c1ccc(NC2CC3CC=CC32)cc1. The summed E-state index contributed by atoms with van der Waals surface area (Å²) >= 11 is 0.